The van der Waals surface area contributed by atoms with E-state index in [4.69, 9.17) is 15.2 Å². The van der Waals surface area contributed by atoms with E-state index in [2.05, 4.69) is 0 Å². The molecule has 0 spiro atoms. The van der Waals surface area contributed by atoms with Gasteiger partial charge in [0.15, 0.2) is 0 Å². The molecule has 2 N–H and O–H groups in total. The van der Waals surface area contributed by atoms with Crippen LogP contribution in [0.4, 0.5) is 0 Å². The van der Waals surface area contributed by atoms with Crippen molar-refractivity contribution in [2.45, 2.75) is 83.0 Å². The Kier molecular flexibility index (Phi) is 6.95. The molecule has 1 saturated heterocycles. The Balaban J connectivity index is 1.78. The molecule has 1 aromatic carbocycles. The van der Waals surface area contributed by atoms with Crippen molar-refractivity contribution >= 4 is 5.97 Å². The monoisotopic (exact) mass is 359 g/mol. The van der Waals surface area contributed by atoms with Crippen LogP contribution in [-0.2, 0) is 9.53 Å². The van der Waals surface area contributed by atoms with Crippen molar-refractivity contribution in [3.8, 4) is 5.75 Å². The third kappa shape index (κ3) is 5.23. The topological polar surface area (TPSA) is 61.5 Å². The molecule has 1 saturated carbocycles. The van der Waals surface area contributed by atoms with Crippen LogP contribution in [-0.4, -0.2) is 24.2 Å². The van der Waals surface area contributed by atoms with Gasteiger partial charge < -0.3 is 15.2 Å². The normalized spacial score (nSPS) is 31.4. The van der Waals surface area contributed by atoms with Crippen molar-refractivity contribution in [1.82, 2.24) is 0 Å². The summed E-state index contributed by atoms with van der Waals surface area (Å²) < 4.78 is 12.1. The first kappa shape index (κ1) is 19.2. The van der Waals surface area contributed by atoms with Crippen molar-refractivity contribution in [2.75, 3.05) is 0 Å². The maximum atomic E-state index is 12.3. The summed E-state index contributed by atoms with van der Waals surface area (Å²) in [5, 5.41) is 0. The lowest BCUT2D eigenvalue weighted by atomic mass is 9.83. The highest BCUT2D eigenvalue weighted by Gasteiger charge is 2.35. The Morgan fingerprint density at radius 2 is 1.69 bits per heavy atom. The third-order valence-corrected chi connectivity index (χ3v) is 6.00. The summed E-state index contributed by atoms with van der Waals surface area (Å²) in [5.41, 5.74) is 5.98. The fourth-order valence-corrected chi connectivity index (χ4v) is 4.55. The molecular formula is C22H33NO3. The van der Waals surface area contributed by atoms with Gasteiger partial charge in [0.05, 0.1) is 0 Å². The molecule has 1 heterocycles. The van der Waals surface area contributed by atoms with Crippen molar-refractivity contribution in [2.24, 2.45) is 17.6 Å². The molecule has 26 heavy (non-hydrogen) atoms. The number of ether oxygens (including phenoxy) is 2. The molecule has 4 atom stereocenters. The molecular weight excluding hydrogens is 326 g/mol. The second kappa shape index (κ2) is 9.40. The predicted octanol–water partition coefficient (Wildman–Crippen LogP) is 4.46. The number of esters is 1. The van der Waals surface area contributed by atoms with Crippen LogP contribution in [0.5, 0.6) is 5.75 Å². The van der Waals surface area contributed by atoms with Gasteiger partial charge in [-0.3, -0.25) is 4.79 Å². The fourth-order valence-electron chi connectivity index (χ4n) is 4.55. The molecule has 4 heteroatoms. The van der Waals surface area contributed by atoms with Gasteiger partial charge in [-0.2, -0.15) is 0 Å². The van der Waals surface area contributed by atoms with Gasteiger partial charge in [-0.05, 0) is 50.2 Å². The summed E-state index contributed by atoms with van der Waals surface area (Å²) in [7, 11) is 0. The van der Waals surface area contributed by atoms with Crippen LogP contribution in [0.25, 0.3) is 0 Å². The van der Waals surface area contributed by atoms with Gasteiger partial charge in [-0.1, -0.05) is 56.7 Å². The van der Waals surface area contributed by atoms with E-state index in [1.54, 1.807) is 0 Å². The first-order valence-corrected chi connectivity index (χ1v) is 10.3. The zero-order valence-corrected chi connectivity index (χ0v) is 15.9. The van der Waals surface area contributed by atoms with Crippen LogP contribution in [0, 0.1) is 11.8 Å². The maximum absolute atomic E-state index is 12.3. The number of cyclic esters (lactones) is 1. The van der Waals surface area contributed by atoms with Crippen molar-refractivity contribution in [1.29, 1.82) is 0 Å². The Hall–Kier alpha value is -1.55. The molecule has 3 rings (SSSR count). The average Bonchev–Trinajstić information content (AvgIpc) is 3.15. The molecule has 0 amide bonds. The minimum atomic E-state index is -0.513. The SMILES string of the molecule is C[C@@H]1OC(=O)[C@@H](N)CCCC[C@H](CC2CCCC2)[C@H]1Oc1ccccc1. The summed E-state index contributed by atoms with van der Waals surface area (Å²) in [6.45, 7) is 1.96. The van der Waals surface area contributed by atoms with Gasteiger partial charge in [0.1, 0.15) is 24.0 Å². The molecule has 0 aromatic heterocycles. The lowest BCUT2D eigenvalue weighted by molar-refractivity contribution is -0.157. The largest absolute Gasteiger partial charge is 0.486 e. The maximum Gasteiger partial charge on any atom is 0.323 e. The van der Waals surface area contributed by atoms with Gasteiger partial charge in [-0.25, -0.2) is 0 Å². The molecule has 0 radical (unpaired) electrons. The summed E-state index contributed by atoms with van der Waals surface area (Å²) in [6.07, 6.45) is 10.0. The van der Waals surface area contributed by atoms with E-state index in [0.717, 1.165) is 30.9 Å². The Morgan fingerprint density at radius 3 is 2.42 bits per heavy atom. The highest BCUT2D eigenvalue weighted by Crippen LogP contribution is 2.36. The minimum Gasteiger partial charge on any atom is -0.486 e. The molecule has 2 fully saturated rings. The van der Waals surface area contributed by atoms with Crippen molar-refractivity contribution in [3.63, 3.8) is 0 Å². The van der Waals surface area contributed by atoms with Gasteiger partial charge in [-0.15, -0.1) is 0 Å². The van der Waals surface area contributed by atoms with Crippen LogP contribution < -0.4 is 10.5 Å². The van der Waals surface area contributed by atoms with E-state index in [-0.39, 0.29) is 18.2 Å². The first-order valence-electron chi connectivity index (χ1n) is 10.3. The Labute approximate surface area is 157 Å². The van der Waals surface area contributed by atoms with Gasteiger partial charge in [0, 0.05) is 0 Å². The second-order valence-electron chi connectivity index (χ2n) is 8.07. The van der Waals surface area contributed by atoms with Crippen LogP contribution in [0.2, 0.25) is 0 Å². The number of hydrogen-bond donors (Lipinski definition) is 1. The zero-order chi connectivity index (χ0) is 18.4. The van der Waals surface area contributed by atoms with Crippen LogP contribution in [0.15, 0.2) is 30.3 Å². The average molecular weight is 360 g/mol. The Bertz CT molecular complexity index is 556. The molecule has 4 nitrogen and oxygen atoms in total. The van der Waals surface area contributed by atoms with Crippen LogP contribution >= 0.6 is 0 Å². The van der Waals surface area contributed by atoms with E-state index in [9.17, 15) is 4.79 Å². The predicted molar refractivity (Wildman–Crippen MR) is 103 cm³/mol. The van der Waals surface area contributed by atoms with Gasteiger partial charge in [0.2, 0.25) is 0 Å². The standard InChI is InChI=1S/C22H33NO3/c1-16-21(26-19-12-3-2-4-13-19)18(15-17-9-5-6-10-17)11-7-8-14-20(23)22(24)25-16/h2-4,12-13,16-18,20-21H,5-11,14-15,23H2,1H3/t16-,18+,20-,21-/m0/s1. The molecule has 144 valence electrons. The van der Waals surface area contributed by atoms with E-state index in [0.29, 0.717) is 12.3 Å². The number of nitrogens with two attached hydrogens (primary N) is 1. The molecule has 0 bridgehead atoms. The molecule has 1 aromatic rings. The van der Waals surface area contributed by atoms with E-state index in [1.165, 1.54) is 32.1 Å². The van der Waals surface area contributed by atoms with Crippen molar-refractivity contribution in [3.05, 3.63) is 30.3 Å². The number of carbonyl (C=O) groups excluding carboxylic acids is 1. The smallest absolute Gasteiger partial charge is 0.323 e. The first-order chi connectivity index (χ1) is 12.6. The highest BCUT2D eigenvalue weighted by molar-refractivity contribution is 5.75. The summed E-state index contributed by atoms with van der Waals surface area (Å²) in [6, 6.07) is 9.39. The van der Waals surface area contributed by atoms with Gasteiger partial charge in [0.25, 0.3) is 0 Å². The number of benzene rings is 1. The number of carbonyl (C=O) groups is 1. The number of hydrogen-bond acceptors (Lipinski definition) is 4. The van der Waals surface area contributed by atoms with Crippen LogP contribution in [0.3, 0.4) is 0 Å². The van der Waals surface area contributed by atoms with E-state index < -0.39 is 6.04 Å². The lowest BCUT2D eigenvalue weighted by Gasteiger charge is -2.35. The third-order valence-electron chi connectivity index (χ3n) is 6.00. The molecule has 0 unspecified atom stereocenters. The summed E-state index contributed by atoms with van der Waals surface area (Å²) in [5.74, 6) is 1.75. The lowest BCUT2D eigenvalue weighted by Crippen LogP contribution is -2.44. The number of rotatable bonds is 4. The summed E-state index contributed by atoms with van der Waals surface area (Å²) >= 11 is 0. The minimum absolute atomic E-state index is 0.118. The summed E-state index contributed by atoms with van der Waals surface area (Å²) in [4.78, 5) is 12.3. The quantitative estimate of drug-likeness (QED) is 0.806. The molecule has 1 aliphatic heterocycles. The van der Waals surface area contributed by atoms with Crippen molar-refractivity contribution < 1.29 is 14.3 Å². The zero-order valence-electron chi connectivity index (χ0n) is 15.9. The highest BCUT2D eigenvalue weighted by atomic mass is 16.6. The Morgan fingerprint density at radius 1 is 1.04 bits per heavy atom. The fraction of sp³-hybridized carbons (Fsp3) is 0.682. The van der Waals surface area contributed by atoms with E-state index >= 15 is 0 Å². The second-order valence-corrected chi connectivity index (χ2v) is 8.07. The van der Waals surface area contributed by atoms with Gasteiger partial charge >= 0.3 is 5.97 Å². The van der Waals surface area contributed by atoms with E-state index in [1.807, 2.05) is 37.3 Å². The molecule has 2 aliphatic rings. The molecule has 1 aliphatic carbocycles. The number of para-hydroxylation sites is 1. The van der Waals surface area contributed by atoms with Crippen LogP contribution in [0.1, 0.15) is 64.7 Å².